The van der Waals surface area contributed by atoms with Gasteiger partial charge in [-0.3, -0.25) is 4.79 Å². The maximum Gasteiger partial charge on any atom is 0.274 e. The largest absolute Gasteiger partial charge is 0.486 e. The molecule has 168 valence electrons. The second-order valence-electron chi connectivity index (χ2n) is 7.76. The highest BCUT2D eigenvalue weighted by atomic mass is 32.2. The summed E-state index contributed by atoms with van der Waals surface area (Å²) in [5.74, 6) is 1.04. The quantitative estimate of drug-likeness (QED) is 0.308. The molecule has 1 aromatic heterocycles. The molecule has 1 N–H and O–H groups in total. The van der Waals surface area contributed by atoms with Crippen LogP contribution >= 0.6 is 11.8 Å². The lowest BCUT2D eigenvalue weighted by molar-refractivity contribution is 0.0913. The molecule has 2 aromatic rings. The third-order valence-corrected chi connectivity index (χ3v) is 6.12. The molecule has 1 amide bonds. The predicted octanol–water partition coefficient (Wildman–Crippen LogP) is 5.23. The predicted molar refractivity (Wildman–Crippen MR) is 124 cm³/mol. The van der Waals surface area contributed by atoms with E-state index >= 15 is 0 Å². The Bertz CT molecular complexity index is 839. The molecule has 0 saturated heterocycles. The van der Waals surface area contributed by atoms with Gasteiger partial charge in [-0.2, -0.15) is 4.98 Å². The molecule has 1 heterocycles. The zero-order valence-corrected chi connectivity index (χ0v) is 19.5. The monoisotopic (exact) mass is 443 g/mol. The van der Waals surface area contributed by atoms with E-state index in [1.54, 1.807) is 0 Å². The minimum Gasteiger partial charge on any atom is -0.486 e. The van der Waals surface area contributed by atoms with Gasteiger partial charge in [-0.15, -0.1) is 0 Å². The Balaban J connectivity index is 1.71. The molecule has 0 unspecified atom stereocenters. The third-order valence-electron chi connectivity index (χ3n) is 5.57. The number of hydrogen-bond donors (Lipinski definition) is 1. The topological polar surface area (TPSA) is 73.3 Å². The number of nitrogens with one attached hydrogen (secondary N) is 1. The Hall–Kier alpha value is -2.28. The SMILES string of the molecule is CCCCOc1c(OCC)nc(SC)nc1C(=O)NC1CCC(c2ccccc2)CC1. The van der Waals surface area contributed by atoms with Crippen molar-refractivity contribution in [1.29, 1.82) is 0 Å². The fourth-order valence-corrected chi connectivity index (χ4v) is 4.25. The standard InChI is InChI=1S/C24H33N3O3S/c1-4-6-16-30-21-20(26-24(31-3)27-23(21)29-5-2)22(28)25-19-14-12-18(13-15-19)17-10-8-7-9-11-17/h7-11,18-19H,4-6,12-16H2,1-3H3,(H,25,28). The Morgan fingerprint density at radius 1 is 1.10 bits per heavy atom. The Kier molecular flexibility index (Phi) is 9.00. The van der Waals surface area contributed by atoms with Crippen molar-refractivity contribution in [3.05, 3.63) is 41.6 Å². The average Bonchev–Trinajstić information content (AvgIpc) is 2.81. The van der Waals surface area contributed by atoms with E-state index in [2.05, 4.69) is 52.5 Å². The van der Waals surface area contributed by atoms with E-state index in [0.29, 0.717) is 35.9 Å². The van der Waals surface area contributed by atoms with E-state index in [9.17, 15) is 4.79 Å². The Labute approximate surface area is 189 Å². The molecule has 0 atom stereocenters. The van der Waals surface area contributed by atoms with Gasteiger partial charge in [-0.25, -0.2) is 4.98 Å². The second kappa shape index (κ2) is 11.9. The summed E-state index contributed by atoms with van der Waals surface area (Å²) in [5, 5.41) is 3.69. The molecule has 1 aromatic carbocycles. The van der Waals surface area contributed by atoms with Crippen LogP contribution in [0.25, 0.3) is 0 Å². The normalized spacial score (nSPS) is 18.4. The highest BCUT2D eigenvalue weighted by Crippen LogP contribution is 2.34. The van der Waals surface area contributed by atoms with Crippen LogP contribution in [0.5, 0.6) is 11.6 Å². The number of aromatic nitrogens is 2. The number of unbranched alkanes of at least 4 members (excludes halogenated alkanes) is 1. The van der Waals surface area contributed by atoms with E-state index in [-0.39, 0.29) is 17.6 Å². The van der Waals surface area contributed by atoms with Crippen LogP contribution in [-0.2, 0) is 0 Å². The lowest BCUT2D eigenvalue weighted by Gasteiger charge is -2.29. The molecule has 1 aliphatic carbocycles. The highest BCUT2D eigenvalue weighted by Gasteiger charge is 2.27. The van der Waals surface area contributed by atoms with E-state index in [1.807, 2.05) is 13.2 Å². The molecule has 1 fully saturated rings. The molecule has 0 spiro atoms. The van der Waals surface area contributed by atoms with Gasteiger partial charge in [-0.05, 0) is 56.8 Å². The minimum atomic E-state index is -0.215. The maximum atomic E-state index is 13.2. The maximum absolute atomic E-state index is 13.2. The number of amides is 1. The van der Waals surface area contributed by atoms with E-state index in [1.165, 1.54) is 17.3 Å². The number of ether oxygens (including phenoxy) is 2. The highest BCUT2D eigenvalue weighted by molar-refractivity contribution is 7.98. The fraction of sp³-hybridized carbons (Fsp3) is 0.542. The van der Waals surface area contributed by atoms with Crippen LogP contribution in [0.4, 0.5) is 0 Å². The van der Waals surface area contributed by atoms with Crippen LogP contribution < -0.4 is 14.8 Å². The summed E-state index contributed by atoms with van der Waals surface area (Å²) in [4.78, 5) is 22.1. The van der Waals surface area contributed by atoms with Crippen molar-refractivity contribution in [3.63, 3.8) is 0 Å². The van der Waals surface area contributed by atoms with Crippen molar-refractivity contribution >= 4 is 17.7 Å². The van der Waals surface area contributed by atoms with Gasteiger partial charge in [0, 0.05) is 6.04 Å². The first-order valence-corrected chi connectivity index (χ1v) is 12.5. The summed E-state index contributed by atoms with van der Waals surface area (Å²) in [6.45, 7) is 4.93. The zero-order valence-electron chi connectivity index (χ0n) is 18.7. The van der Waals surface area contributed by atoms with Gasteiger partial charge >= 0.3 is 0 Å². The summed E-state index contributed by atoms with van der Waals surface area (Å²) in [5.41, 5.74) is 1.66. The summed E-state index contributed by atoms with van der Waals surface area (Å²) in [7, 11) is 0. The average molecular weight is 444 g/mol. The molecule has 1 aliphatic rings. The van der Waals surface area contributed by atoms with E-state index in [4.69, 9.17) is 9.47 Å². The summed E-state index contributed by atoms with van der Waals surface area (Å²) in [6.07, 6.45) is 7.82. The smallest absolute Gasteiger partial charge is 0.274 e. The van der Waals surface area contributed by atoms with Crippen molar-refractivity contribution in [2.24, 2.45) is 0 Å². The number of rotatable bonds is 10. The van der Waals surface area contributed by atoms with Crippen molar-refractivity contribution in [2.45, 2.75) is 69.5 Å². The van der Waals surface area contributed by atoms with Crippen LogP contribution in [-0.4, -0.2) is 41.4 Å². The van der Waals surface area contributed by atoms with Gasteiger partial charge in [0.25, 0.3) is 11.8 Å². The number of carbonyl (C=O) groups is 1. The molecule has 0 aliphatic heterocycles. The van der Waals surface area contributed by atoms with E-state index < -0.39 is 0 Å². The first-order valence-electron chi connectivity index (χ1n) is 11.2. The van der Waals surface area contributed by atoms with Crippen LogP contribution in [0.3, 0.4) is 0 Å². The van der Waals surface area contributed by atoms with Gasteiger partial charge in [-0.1, -0.05) is 55.4 Å². The summed E-state index contributed by atoms with van der Waals surface area (Å²) < 4.78 is 11.6. The van der Waals surface area contributed by atoms with Crippen LogP contribution in [0.1, 0.15) is 74.3 Å². The molecular formula is C24H33N3O3S. The Morgan fingerprint density at radius 2 is 1.84 bits per heavy atom. The Morgan fingerprint density at radius 3 is 2.48 bits per heavy atom. The van der Waals surface area contributed by atoms with Crippen LogP contribution in [0, 0.1) is 0 Å². The van der Waals surface area contributed by atoms with Crippen LogP contribution in [0.15, 0.2) is 35.5 Å². The van der Waals surface area contributed by atoms with Crippen LogP contribution in [0.2, 0.25) is 0 Å². The molecule has 7 heteroatoms. The van der Waals surface area contributed by atoms with Crippen molar-refractivity contribution < 1.29 is 14.3 Å². The molecule has 6 nitrogen and oxygen atoms in total. The number of nitrogens with zero attached hydrogens (tertiary/aromatic N) is 2. The van der Waals surface area contributed by atoms with Gasteiger partial charge in [0.15, 0.2) is 10.9 Å². The summed E-state index contributed by atoms with van der Waals surface area (Å²) in [6, 6.07) is 10.8. The molecule has 0 radical (unpaired) electrons. The van der Waals surface area contributed by atoms with Crippen molar-refractivity contribution in [3.8, 4) is 11.6 Å². The second-order valence-corrected chi connectivity index (χ2v) is 8.53. The van der Waals surface area contributed by atoms with Crippen molar-refractivity contribution in [2.75, 3.05) is 19.5 Å². The molecule has 31 heavy (non-hydrogen) atoms. The minimum absolute atomic E-state index is 0.138. The zero-order chi connectivity index (χ0) is 22.1. The van der Waals surface area contributed by atoms with Crippen molar-refractivity contribution in [1.82, 2.24) is 15.3 Å². The van der Waals surface area contributed by atoms with E-state index in [0.717, 1.165) is 38.5 Å². The van der Waals surface area contributed by atoms with Gasteiger partial charge < -0.3 is 14.8 Å². The molecule has 0 bridgehead atoms. The number of carbonyl (C=O) groups excluding carboxylic acids is 1. The fourth-order valence-electron chi connectivity index (χ4n) is 3.89. The first-order chi connectivity index (χ1) is 15.2. The van der Waals surface area contributed by atoms with Gasteiger partial charge in [0.2, 0.25) is 5.75 Å². The lowest BCUT2D eigenvalue weighted by Crippen LogP contribution is -2.38. The lowest BCUT2D eigenvalue weighted by atomic mass is 9.82. The van der Waals surface area contributed by atoms with Gasteiger partial charge in [0.05, 0.1) is 13.2 Å². The molecule has 1 saturated carbocycles. The van der Waals surface area contributed by atoms with Gasteiger partial charge in [0.1, 0.15) is 0 Å². The first kappa shape index (κ1) is 23.4. The number of thioether (sulfide) groups is 1. The third kappa shape index (κ3) is 6.35. The summed E-state index contributed by atoms with van der Waals surface area (Å²) >= 11 is 1.38. The number of hydrogen-bond acceptors (Lipinski definition) is 6. The molecule has 3 rings (SSSR count). The number of benzene rings is 1. The molecular weight excluding hydrogens is 410 g/mol.